The molecule has 0 aliphatic carbocycles. The summed E-state index contributed by atoms with van der Waals surface area (Å²) in [4.78, 5) is 37.8. The van der Waals surface area contributed by atoms with Crippen LogP contribution in [0.4, 0.5) is 0 Å². The molecular weight excluding hydrogens is 406 g/mol. The van der Waals surface area contributed by atoms with E-state index in [-0.39, 0.29) is 11.3 Å². The topological polar surface area (TPSA) is 90.3 Å². The van der Waals surface area contributed by atoms with Crippen molar-refractivity contribution in [1.82, 2.24) is 15.1 Å². The summed E-state index contributed by atoms with van der Waals surface area (Å²) in [5.74, 6) is -1.18. The normalized spacial score (nSPS) is 10.6. The highest BCUT2D eigenvalue weighted by Crippen LogP contribution is 2.16. The van der Waals surface area contributed by atoms with Crippen molar-refractivity contribution in [2.75, 3.05) is 13.2 Å². The van der Waals surface area contributed by atoms with E-state index in [1.54, 1.807) is 48.5 Å². The van der Waals surface area contributed by atoms with E-state index in [2.05, 4.69) is 10.4 Å². The summed E-state index contributed by atoms with van der Waals surface area (Å²) in [5, 5.41) is 7.69. The average Bonchev–Trinajstić information content (AvgIpc) is 2.84. The number of hydrogen-bond donors (Lipinski definition) is 1. The first-order chi connectivity index (χ1) is 15.6. The number of hydrogen-bond acceptors (Lipinski definition) is 5. The Morgan fingerprint density at radius 1 is 0.844 bits per heavy atom. The van der Waals surface area contributed by atoms with Gasteiger partial charge in [0.1, 0.15) is 0 Å². The lowest BCUT2D eigenvalue weighted by atomic mass is 10.1. The van der Waals surface area contributed by atoms with E-state index in [4.69, 9.17) is 4.74 Å². The number of carbonyl (C=O) groups is 2. The molecule has 1 aromatic heterocycles. The highest BCUT2D eigenvalue weighted by Gasteiger charge is 2.19. The molecule has 0 saturated heterocycles. The van der Waals surface area contributed by atoms with E-state index in [1.165, 1.54) is 4.68 Å². The highest BCUT2D eigenvalue weighted by atomic mass is 16.5. The van der Waals surface area contributed by atoms with Crippen molar-refractivity contribution in [1.29, 1.82) is 0 Å². The van der Waals surface area contributed by atoms with Crippen LogP contribution in [0.3, 0.4) is 0 Å². The Labute approximate surface area is 184 Å². The van der Waals surface area contributed by atoms with Gasteiger partial charge in [0.15, 0.2) is 12.3 Å². The number of carbonyl (C=O) groups excluding carboxylic acids is 2. The summed E-state index contributed by atoms with van der Waals surface area (Å²) >= 11 is 0. The molecule has 0 bridgehead atoms. The van der Waals surface area contributed by atoms with Crippen LogP contribution < -0.4 is 10.9 Å². The Balaban J connectivity index is 1.49. The van der Waals surface area contributed by atoms with E-state index >= 15 is 0 Å². The third-order valence-electron chi connectivity index (χ3n) is 4.91. The van der Waals surface area contributed by atoms with E-state index < -0.39 is 18.5 Å². The van der Waals surface area contributed by atoms with Gasteiger partial charge in [-0.15, -0.1) is 0 Å². The second kappa shape index (κ2) is 9.70. The maximum Gasteiger partial charge on any atom is 0.359 e. The first kappa shape index (κ1) is 21.0. The van der Waals surface area contributed by atoms with Gasteiger partial charge in [0.05, 0.1) is 11.1 Å². The molecule has 0 saturated carbocycles. The molecule has 0 aliphatic heterocycles. The molecule has 0 spiro atoms. The van der Waals surface area contributed by atoms with Crippen LogP contribution in [0.2, 0.25) is 0 Å². The summed E-state index contributed by atoms with van der Waals surface area (Å²) in [6.45, 7) is -0.00540. The summed E-state index contributed by atoms with van der Waals surface area (Å²) in [6.07, 6.45) is 0.675. The smallest absolute Gasteiger partial charge is 0.359 e. The molecule has 0 aliphatic rings. The van der Waals surface area contributed by atoms with Gasteiger partial charge in [-0.3, -0.25) is 9.59 Å². The molecule has 7 nitrogen and oxygen atoms in total. The molecule has 7 heteroatoms. The molecule has 3 aromatic carbocycles. The fourth-order valence-corrected chi connectivity index (χ4v) is 3.33. The van der Waals surface area contributed by atoms with Crippen molar-refractivity contribution in [3.8, 4) is 5.69 Å². The van der Waals surface area contributed by atoms with Crippen LogP contribution in [0.5, 0.6) is 0 Å². The minimum absolute atomic E-state index is 0.0267. The molecule has 160 valence electrons. The third kappa shape index (κ3) is 4.73. The summed E-state index contributed by atoms with van der Waals surface area (Å²) in [6, 6.07) is 25.3. The van der Waals surface area contributed by atoms with Crippen molar-refractivity contribution < 1.29 is 14.3 Å². The van der Waals surface area contributed by atoms with E-state index in [0.29, 0.717) is 29.4 Å². The van der Waals surface area contributed by atoms with Gasteiger partial charge < -0.3 is 10.1 Å². The maximum atomic E-state index is 12.9. The van der Waals surface area contributed by atoms with Crippen LogP contribution >= 0.6 is 0 Å². The molecule has 0 fully saturated rings. The first-order valence-electron chi connectivity index (χ1n) is 10.2. The number of aromatic nitrogens is 2. The number of nitrogens with one attached hydrogen (secondary N) is 1. The monoisotopic (exact) mass is 427 g/mol. The summed E-state index contributed by atoms with van der Waals surface area (Å²) in [5.41, 5.74) is 1.25. The molecular formula is C25H21N3O4. The predicted molar refractivity (Wildman–Crippen MR) is 121 cm³/mol. The standard InChI is InChI=1S/C25H21N3O4/c29-22(26-16-15-18-9-3-1-4-10-18)17-32-25(31)23-20-13-7-8-14-21(20)24(30)28(27-23)19-11-5-2-6-12-19/h1-14H,15-17H2,(H,26,29). The highest BCUT2D eigenvalue weighted by molar-refractivity contribution is 6.02. The molecule has 1 N–H and O–H groups in total. The van der Waals surface area contributed by atoms with E-state index in [1.807, 2.05) is 36.4 Å². The van der Waals surface area contributed by atoms with E-state index in [9.17, 15) is 14.4 Å². The van der Waals surface area contributed by atoms with Crippen molar-refractivity contribution in [3.63, 3.8) is 0 Å². The number of benzene rings is 3. The van der Waals surface area contributed by atoms with Crippen LogP contribution in [0.1, 0.15) is 16.1 Å². The minimum Gasteiger partial charge on any atom is -0.451 e. The molecule has 1 heterocycles. The van der Waals surface area contributed by atoms with Crippen molar-refractivity contribution in [3.05, 3.63) is 107 Å². The van der Waals surface area contributed by atoms with Gasteiger partial charge in [-0.1, -0.05) is 66.7 Å². The number of rotatable bonds is 7. The molecule has 1 amide bonds. The number of esters is 1. The molecule has 0 atom stereocenters. The zero-order chi connectivity index (χ0) is 22.3. The number of amides is 1. The van der Waals surface area contributed by atoms with Gasteiger partial charge in [0, 0.05) is 11.9 Å². The van der Waals surface area contributed by atoms with Gasteiger partial charge in [0.25, 0.3) is 11.5 Å². The largest absolute Gasteiger partial charge is 0.451 e. The van der Waals surface area contributed by atoms with Crippen LogP contribution in [0.15, 0.2) is 89.7 Å². The second-order valence-electron chi connectivity index (χ2n) is 7.11. The van der Waals surface area contributed by atoms with Crippen molar-refractivity contribution >= 4 is 22.6 Å². The Hall–Kier alpha value is -4.26. The van der Waals surface area contributed by atoms with Gasteiger partial charge >= 0.3 is 5.97 Å². The second-order valence-corrected chi connectivity index (χ2v) is 7.11. The Bertz CT molecular complexity index is 1300. The zero-order valence-corrected chi connectivity index (χ0v) is 17.2. The van der Waals surface area contributed by atoms with Gasteiger partial charge in [-0.05, 0) is 30.2 Å². The minimum atomic E-state index is -0.774. The predicted octanol–water partition coefficient (Wildman–Crippen LogP) is 2.90. The van der Waals surface area contributed by atoms with Gasteiger partial charge in [0.2, 0.25) is 0 Å². The van der Waals surface area contributed by atoms with Crippen LogP contribution in [-0.2, 0) is 16.0 Å². The molecule has 4 rings (SSSR count). The number of para-hydroxylation sites is 1. The number of ether oxygens (including phenoxy) is 1. The molecule has 0 radical (unpaired) electrons. The van der Waals surface area contributed by atoms with E-state index in [0.717, 1.165) is 5.56 Å². The molecule has 32 heavy (non-hydrogen) atoms. The van der Waals surface area contributed by atoms with Crippen LogP contribution in [0, 0.1) is 0 Å². The average molecular weight is 427 g/mol. The lowest BCUT2D eigenvalue weighted by Crippen LogP contribution is -2.31. The number of nitrogens with zero attached hydrogens (tertiary/aromatic N) is 2. The Morgan fingerprint density at radius 2 is 1.47 bits per heavy atom. The lowest BCUT2D eigenvalue weighted by molar-refractivity contribution is -0.124. The fraction of sp³-hybridized carbons (Fsp3) is 0.120. The lowest BCUT2D eigenvalue weighted by Gasteiger charge is -2.11. The third-order valence-corrected chi connectivity index (χ3v) is 4.91. The first-order valence-corrected chi connectivity index (χ1v) is 10.2. The molecule has 4 aromatic rings. The maximum absolute atomic E-state index is 12.9. The SMILES string of the molecule is O=C(COC(=O)c1nn(-c2ccccc2)c(=O)c2ccccc12)NCCc1ccccc1. The van der Waals surface area contributed by atoms with Gasteiger partial charge in [-0.2, -0.15) is 9.78 Å². The molecule has 0 unspecified atom stereocenters. The quantitative estimate of drug-likeness (QED) is 0.458. The van der Waals surface area contributed by atoms with Crippen LogP contribution in [0.25, 0.3) is 16.5 Å². The zero-order valence-electron chi connectivity index (χ0n) is 17.2. The number of fused-ring (bicyclic) bond motifs is 1. The van der Waals surface area contributed by atoms with Crippen molar-refractivity contribution in [2.24, 2.45) is 0 Å². The van der Waals surface area contributed by atoms with Gasteiger partial charge in [-0.25, -0.2) is 4.79 Å². The Kier molecular flexibility index (Phi) is 6.36. The van der Waals surface area contributed by atoms with Crippen LogP contribution in [-0.4, -0.2) is 34.8 Å². The summed E-state index contributed by atoms with van der Waals surface area (Å²) in [7, 11) is 0. The fourth-order valence-electron chi connectivity index (χ4n) is 3.33. The Morgan fingerprint density at radius 3 is 2.19 bits per heavy atom. The summed E-state index contributed by atoms with van der Waals surface area (Å²) < 4.78 is 6.37. The van der Waals surface area contributed by atoms with Crippen molar-refractivity contribution in [2.45, 2.75) is 6.42 Å².